The molecular weight excluding hydrogens is 252 g/mol. The first kappa shape index (κ1) is 14.0. The van der Waals surface area contributed by atoms with Crippen molar-refractivity contribution in [3.63, 3.8) is 0 Å². The van der Waals surface area contributed by atoms with E-state index in [9.17, 15) is 0 Å². The van der Waals surface area contributed by atoms with Crippen LogP contribution in [-0.2, 0) is 8.85 Å². The molecule has 0 aliphatic rings. The smallest absolute Gasteiger partial charge is 0.391 e. The van der Waals surface area contributed by atoms with Crippen LogP contribution in [-0.4, -0.2) is 21.8 Å². The predicted molar refractivity (Wildman–Crippen MR) is 81.1 cm³/mol. The van der Waals surface area contributed by atoms with Crippen LogP contribution in [0.2, 0.25) is 0 Å². The molecule has 3 heteroatoms. The molecule has 0 aromatic heterocycles. The highest BCUT2D eigenvalue weighted by Crippen LogP contribution is 2.11. The van der Waals surface area contributed by atoms with Crippen molar-refractivity contribution in [2.24, 2.45) is 0 Å². The van der Waals surface area contributed by atoms with Gasteiger partial charge in [0.25, 0.3) is 0 Å². The molecule has 0 bridgehead atoms. The number of hydrogen-bond donors (Lipinski definition) is 0. The molecule has 19 heavy (non-hydrogen) atoms. The lowest BCUT2D eigenvalue weighted by molar-refractivity contribution is 0.174. The largest absolute Gasteiger partial charge is 0.407 e. The second kappa shape index (κ2) is 6.15. The summed E-state index contributed by atoms with van der Waals surface area (Å²) in [7, 11) is -0.840. The van der Waals surface area contributed by atoms with E-state index in [0.29, 0.717) is 0 Å². The highest BCUT2D eigenvalue weighted by atomic mass is 28.4. The highest BCUT2D eigenvalue weighted by molar-refractivity contribution is 6.92. The summed E-state index contributed by atoms with van der Waals surface area (Å²) in [6.45, 7) is 4.10. The molecule has 0 atom stereocenters. The fraction of sp³-hybridized carbons (Fsp3) is 0.250. The molecule has 0 unspecified atom stereocenters. The van der Waals surface area contributed by atoms with Gasteiger partial charge in [0.05, 0.1) is 0 Å². The number of hydrogen-bond acceptors (Lipinski definition) is 2. The fourth-order valence-corrected chi connectivity index (χ4v) is 5.33. The van der Waals surface area contributed by atoms with Gasteiger partial charge in [-0.25, -0.2) is 0 Å². The first-order chi connectivity index (χ1) is 9.19. The van der Waals surface area contributed by atoms with E-state index in [1.54, 1.807) is 7.11 Å². The first-order valence-corrected chi connectivity index (χ1v) is 8.34. The summed E-state index contributed by atoms with van der Waals surface area (Å²) in [4.78, 5) is 0. The van der Waals surface area contributed by atoms with E-state index in [-0.39, 0.29) is 6.10 Å². The van der Waals surface area contributed by atoms with Gasteiger partial charge in [-0.2, -0.15) is 0 Å². The second-order valence-corrected chi connectivity index (χ2v) is 7.75. The maximum atomic E-state index is 6.28. The Morgan fingerprint density at radius 3 is 1.53 bits per heavy atom. The first-order valence-electron chi connectivity index (χ1n) is 6.53. The van der Waals surface area contributed by atoms with Crippen molar-refractivity contribution >= 4 is 18.9 Å². The van der Waals surface area contributed by atoms with Crippen molar-refractivity contribution in [2.75, 3.05) is 7.11 Å². The SMILES string of the molecule is CO[Si](OC(C)C)(c1ccccc1)c1ccccc1. The van der Waals surface area contributed by atoms with Gasteiger partial charge in [0.15, 0.2) is 0 Å². The Hall–Kier alpha value is -1.42. The maximum absolute atomic E-state index is 6.28. The Kier molecular flexibility index (Phi) is 4.53. The summed E-state index contributed by atoms with van der Waals surface area (Å²) in [5.74, 6) is 0. The average molecular weight is 272 g/mol. The van der Waals surface area contributed by atoms with Crippen molar-refractivity contribution in [3.8, 4) is 0 Å². The third kappa shape index (κ3) is 2.95. The Balaban J connectivity index is 2.55. The lowest BCUT2D eigenvalue weighted by atomic mass is 10.4. The normalized spacial score (nSPS) is 11.8. The van der Waals surface area contributed by atoms with Crippen molar-refractivity contribution in [2.45, 2.75) is 20.0 Å². The van der Waals surface area contributed by atoms with E-state index in [0.717, 1.165) is 10.4 Å². The van der Waals surface area contributed by atoms with Gasteiger partial charge < -0.3 is 8.85 Å². The monoisotopic (exact) mass is 272 g/mol. The standard InChI is InChI=1S/C16H20O2Si/c1-14(2)18-19(17-3,15-10-6-4-7-11-15)16-12-8-5-9-13-16/h4-14H,1-3H3. The average Bonchev–Trinajstić information content (AvgIpc) is 2.46. The second-order valence-electron chi connectivity index (χ2n) is 4.72. The van der Waals surface area contributed by atoms with Crippen LogP contribution in [0.1, 0.15) is 13.8 Å². The molecule has 2 rings (SSSR count). The lowest BCUT2D eigenvalue weighted by Crippen LogP contribution is -2.63. The molecule has 2 nitrogen and oxygen atoms in total. The predicted octanol–water partition coefficient (Wildman–Crippen LogP) is 2.31. The summed E-state index contributed by atoms with van der Waals surface area (Å²) in [5, 5.41) is 2.27. The minimum absolute atomic E-state index is 0.118. The van der Waals surface area contributed by atoms with E-state index in [1.165, 1.54) is 0 Å². The van der Waals surface area contributed by atoms with Gasteiger partial charge in [-0.3, -0.25) is 0 Å². The summed E-state index contributed by atoms with van der Waals surface area (Å²) in [6.07, 6.45) is 0.118. The van der Waals surface area contributed by atoms with E-state index >= 15 is 0 Å². The topological polar surface area (TPSA) is 18.5 Å². The van der Waals surface area contributed by atoms with Crippen LogP contribution in [0.15, 0.2) is 60.7 Å². The molecule has 0 heterocycles. The molecule has 0 radical (unpaired) electrons. The quantitative estimate of drug-likeness (QED) is 0.778. The molecule has 0 spiro atoms. The zero-order chi connectivity index (χ0) is 13.7. The molecule has 0 aliphatic heterocycles. The lowest BCUT2D eigenvalue weighted by Gasteiger charge is -2.31. The van der Waals surface area contributed by atoms with Crippen LogP contribution >= 0.6 is 0 Å². The van der Waals surface area contributed by atoms with Crippen LogP contribution in [0, 0.1) is 0 Å². The van der Waals surface area contributed by atoms with Crippen molar-refractivity contribution in [1.82, 2.24) is 0 Å². The van der Waals surface area contributed by atoms with Gasteiger partial charge >= 0.3 is 8.56 Å². The molecule has 0 saturated heterocycles. The molecule has 0 fully saturated rings. The Morgan fingerprint density at radius 2 is 1.21 bits per heavy atom. The molecule has 2 aromatic rings. The Bertz CT molecular complexity index is 457. The fourth-order valence-electron chi connectivity index (χ4n) is 2.23. The van der Waals surface area contributed by atoms with E-state index in [4.69, 9.17) is 8.85 Å². The van der Waals surface area contributed by atoms with Crippen LogP contribution < -0.4 is 10.4 Å². The summed E-state index contributed by atoms with van der Waals surface area (Å²) < 4.78 is 12.2. The summed E-state index contributed by atoms with van der Waals surface area (Å²) in [5.41, 5.74) is 0. The number of rotatable bonds is 5. The zero-order valence-electron chi connectivity index (χ0n) is 11.7. The van der Waals surface area contributed by atoms with Crippen molar-refractivity contribution in [1.29, 1.82) is 0 Å². The molecule has 0 N–H and O–H groups in total. The van der Waals surface area contributed by atoms with Gasteiger partial charge in [-0.1, -0.05) is 60.7 Å². The zero-order valence-corrected chi connectivity index (χ0v) is 12.7. The van der Waals surface area contributed by atoms with Gasteiger partial charge in [-0.15, -0.1) is 0 Å². The maximum Gasteiger partial charge on any atom is 0.407 e. The van der Waals surface area contributed by atoms with Crippen LogP contribution in [0.3, 0.4) is 0 Å². The Morgan fingerprint density at radius 1 is 0.789 bits per heavy atom. The van der Waals surface area contributed by atoms with Crippen LogP contribution in [0.4, 0.5) is 0 Å². The van der Waals surface area contributed by atoms with Crippen molar-refractivity contribution in [3.05, 3.63) is 60.7 Å². The minimum Gasteiger partial charge on any atom is -0.391 e. The van der Waals surface area contributed by atoms with Gasteiger partial charge in [0.2, 0.25) is 0 Å². The van der Waals surface area contributed by atoms with E-state index in [1.807, 2.05) is 50.2 Å². The van der Waals surface area contributed by atoms with Gasteiger partial charge in [0.1, 0.15) is 0 Å². The summed E-state index contributed by atoms with van der Waals surface area (Å²) in [6, 6.07) is 20.5. The van der Waals surface area contributed by atoms with Crippen LogP contribution in [0.5, 0.6) is 0 Å². The highest BCUT2D eigenvalue weighted by Gasteiger charge is 2.42. The molecule has 0 amide bonds. The number of benzene rings is 2. The minimum atomic E-state index is -2.58. The van der Waals surface area contributed by atoms with Crippen molar-refractivity contribution < 1.29 is 8.85 Å². The third-order valence-electron chi connectivity index (χ3n) is 3.00. The van der Waals surface area contributed by atoms with Crippen LogP contribution in [0.25, 0.3) is 0 Å². The van der Waals surface area contributed by atoms with E-state index in [2.05, 4.69) is 24.3 Å². The molecule has 100 valence electrons. The Labute approximate surface area is 116 Å². The van der Waals surface area contributed by atoms with Gasteiger partial charge in [-0.05, 0) is 24.2 Å². The van der Waals surface area contributed by atoms with Gasteiger partial charge in [0, 0.05) is 13.2 Å². The molecule has 2 aromatic carbocycles. The molecule has 0 aliphatic carbocycles. The molecule has 0 saturated carbocycles. The molecular formula is C16H20O2Si. The third-order valence-corrected chi connectivity index (χ3v) is 6.56. The summed E-state index contributed by atoms with van der Waals surface area (Å²) >= 11 is 0. The van der Waals surface area contributed by atoms with E-state index < -0.39 is 8.56 Å².